The second kappa shape index (κ2) is 6.09. The van der Waals surface area contributed by atoms with Gasteiger partial charge in [-0.05, 0) is 5.92 Å². The molecule has 0 aromatic heterocycles. The Labute approximate surface area is 63.3 Å². The molecule has 0 saturated heterocycles. The average Bonchev–Trinajstić information content (AvgIpc) is 1.97. The van der Waals surface area contributed by atoms with Gasteiger partial charge in [-0.3, -0.25) is 0 Å². The molecule has 0 aliphatic carbocycles. The van der Waals surface area contributed by atoms with E-state index in [0.717, 1.165) is 0 Å². The van der Waals surface area contributed by atoms with Crippen molar-refractivity contribution >= 4 is 0 Å². The van der Waals surface area contributed by atoms with Crippen molar-refractivity contribution in [1.29, 1.82) is 0 Å². The molecular formula is C10H14. The summed E-state index contributed by atoms with van der Waals surface area (Å²) in [6.45, 7) is 9.27. The average molecular weight is 134 g/mol. The van der Waals surface area contributed by atoms with E-state index < -0.39 is 0 Å². The molecule has 0 bridgehead atoms. The molecule has 0 spiro atoms. The standard InChI is InChI=1S/C10H14/c1-4-6-8-10(3)9-7-5-2/h4-10H,1-2H2,3H3/b8-6-,9-7-. The summed E-state index contributed by atoms with van der Waals surface area (Å²) in [6.07, 6.45) is 11.6. The molecule has 0 heterocycles. The minimum atomic E-state index is 0.469. The maximum atomic E-state index is 3.58. The second-order valence-corrected chi connectivity index (χ2v) is 2.10. The minimum Gasteiger partial charge on any atom is -0.0991 e. The molecule has 0 fully saturated rings. The van der Waals surface area contributed by atoms with Crippen LogP contribution < -0.4 is 0 Å². The van der Waals surface area contributed by atoms with Gasteiger partial charge in [0.2, 0.25) is 0 Å². The third kappa shape index (κ3) is 5.10. The Morgan fingerprint density at radius 3 is 1.70 bits per heavy atom. The summed E-state index contributed by atoms with van der Waals surface area (Å²) in [5.74, 6) is 0.469. The SMILES string of the molecule is C=C/C=C\C(C)/C=C\C=C. The molecule has 0 rings (SSSR count). The lowest BCUT2D eigenvalue weighted by atomic mass is 10.1. The quantitative estimate of drug-likeness (QED) is 0.518. The molecule has 0 aromatic carbocycles. The predicted molar refractivity (Wildman–Crippen MR) is 47.8 cm³/mol. The van der Waals surface area contributed by atoms with Crippen LogP contribution in [0.2, 0.25) is 0 Å². The summed E-state index contributed by atoms with van der Waals surface area (Å²) < 4.78 is 0. The van der Waals surface area contributed by atoms with Gasteiger partial charge in [0, 0.05) is 0 Å². The van der Waals surface area contributed by atoms with Crippen molar-refractivity contribution in [1.82, 2.24) is 0 Å². The van der Waals surface area contributed by atoms with E-state index in [0.29, 0.717) is 5.92 Å². The van der Waals surface area contributed by atoms with E-state index in [-0.39, 0.29) is 0 Å². The number of hydrogen-bond acceptors (Lipinski definition) is 0. The Bertz CT molecular complexity index is 131. The lowest BCUT2D eigenvalue weighted by molar-refractivity contribution is 0.940. The molecule has 0 nitrogen and oxygen atoms in total. The molecule has 0 N–H and O–H groups in total. The highest BCUT2D eigenvalue weighted by Crippen LogP contribution is 1.98. The molecule has 54 valence electrons. The first-order valence-electron chi connectivity index (χ1n) is 3.39. The van der Waals surface area contributed by atoms with Gasteiger partial charge >= 0.3 is 0 Å². The van der Waals surface area contributed by atoms with Crippen LogP contribution in [0.15, 0.2) is 49.6 Å². The normalized spacial score (nSPS) is 11.4. The zero-order valence-corrected chi connectivity index (χ0v) is 6.46. The fourth-order valence-corrected chi connectivity index (χ4v) is 0.572. The maximum Gasteiger partial charge on any atom is -0.00757 e. The van der Waals surface area contributed by atoms with Crippen molar-refractivity contribution in [2.24, 2.45) is 5.92 Å². The van der Waals surface area contributed by atoms with E-state index in [1.165, 1.54) is 0 Å². The highest BCUT2D eigenvalue weighted by atomic mass is 13.9. The molecule has 0 amide bonds. The van der Waals surface area contributed by atoms with E-state index >= 15 is 0 Å². The largest absolute Gasteiger partial charge is 0.0991 e. The van der Waals surface area contributed by atoms with E-state index in [4.69, 9.17) is 0 Å². The second-order valence-electron chi connectivity index (χ2n) is 2.10. The van der Waals surface area contributed by atoms with Crippen molar-refractivity contribution in [2.45, 2.75) is 6.92 Å². The molecule has 0 aromatic rings. The summed E-state index contributed by atoms with van der Waals surface area (Å²) in [5, 5.41) is 0. The van der Waals surface area contributed by atoms with Crippen LogP contribution in [-0.4, -0.2) is 0 Å². The summed E-state index contributed by atoms with van der Waals surface area (Å²) in [6, 6.07) is 0. The predicted octanol–water partition coefficient (Wildman–Crippen LogP) is 3.11. The number of rotatable bonds is 4. The first-order valence-corrected chi connectivity index (χ1v) is 3.39. The van der Waals surface area contributed by atoms with E-state index in [1.807, 2.05) is 12.2 Å². The van der Waals surface area contributed by atoms with Crippen molar-refractivity contribution in [2.75, 3.05) is 0 Å². The Kier molecular flexibility index (Phi) is 5.45. The van der Waals surface area contributed by atoms with Crippen LogP contribution in [0.5, 0.6) is 0 Å². The summed E-state index contributed by atoms with van der Waals surface area (Å²) in [5.41, 5.74) is 0. The zero-order chi connectivity index (χ0) is 7.82. The van der Waals surface area contributed by atoms with Crippen LogP contribution in [0.4, 0.5) is 0 Å². The van der Waals surface area contributed by atoms with Crippen LogP contribution in [-0.2, 0) is 0 Å². The van der Waals surface area contributed by atoms with E-state index in [9.17, 15) is 0 Å². The highest BCUT2D eigenvalue weighted by molar-refractivity contribution is 5.08. The molecule has 0 aliphatic rings. The van der Waals surface area contributed by atoms with Gasteiger partial charge in [0.1, 0.15) is 0 Å². The van der Waals surface area contributed by atoms with Crippen LogP contribution >= 0.6 is 0 Å². The van der Waals surface area contributed by atoms with Crippen LogP contribution in [0.1, 0.15) is 6.92 Å². The smallest absolute Gasteiger partial charge is 0.00757 e. The van der Waals surface area contributed by atoms with E-state index in [1.54, 1.807) is 12.2 Å². The molecule has 0 heteroatoms. The first-order chi connectivity index (χ1) is 4.81. The van der Waals surface area contributed by atoms with Crippen LogP contribution in [0, 0.1) is 5.92 Å². The topological polar surface area (TPSA) is 0 Å². The summed E-state index contributed by atoms with van der Waals surface area (Å²) in [4.78, 5) is 0. The fourth-order valence-electron chi connectivity index (χ4n) is 0.572. The van der Waals surface area contributed by atoms with Gasteiger partial charge in [-0.2, -0.15) is 0 Å². The van der Waals surface area contributed by atoms with E-state index in [2.05, 4.69) is 32.2 Å². The third-order valence-electron chi connectivity index (χ3n) is 1.10. The Morgan fingerprint density at radius 2 is 1.40 bits per heavy atom. The fraction of sp³-hybridized carbons (Fsp3) is 0.200. The Balaban J connectivity index is 3.72. The summed E-state index contributed by atoms with van der Waals surface area (Å²) >= 11 is 0. The van der Waals surface area contributed by atoms with Crippen molar-refractivity contribution < 1.29 is 0 Å². The highest BCUT2D eigenvalue weighted by Gasteiger charge is 1.84. The van der Waals surface area contributed by atoms with Gasteiger partial charge in [-0.1, -0.05) is 56.5 Å². The lowest BCUT2D eigenvalue weighted by Gasteiger charge is -1.93. The Hall–Kier alpha value is -1.04. The molecule has 0 unspecified atom stereocenters. The number of allylic oxidation sites excluding steroid dienone is 6. The van der Waals surface area contributed by atoms with Gasteiger partial charge in [0.25, 0.3) is 0 Å². The zero-order valence-electron chi connectivity index (χ0n) is 6.46. The Morgan fingerprint density at radius 1 is 1.00 bits per heavy atom. The van der Waals surface area contributed by atoms with Gasteiger partial charge < -0.3 is 0 Å². The minimum absolute atomic E-state index is 0.469. The summed E-state index contributed by atoms with van der Waals surface area (Å²) in [7, 11) is 0. The monoisotopic (exact) mass is 134 g/mol. The molecule has 0 radical (unpaired) electrons. The van der Waals surface area contributed by atoms with Crippen LogP contribution in [0.3, 0.4) is 0 Å². The molecule has 0 saturated carbocycles. The molecular weight excluding hydrogens is 120 g/mol. The maximum absolute atomic E-state index is 3.58. The van der Waals surface area contributed by atoms with Crippen molar-refractivity contribution in [3.63, 3.8) is 0 Å². The first kappa shape index (κ1) is 8.96. The van der Waals surface area contributed by atoms with Crippen molar-refractivity contribution in [3.8, 4) is 0 Å². The molecule has 0 aliphatic heterocycles. The lowest BCUT2D eigenvalue weighted by Crippen LogP contribution is -1.79. The van der Waals surface area contributed by atoms with Gasteiger partial charge in [-0.25, -0.2) is 0 Å². The third-order valence-corrected chi connectivity index (χ3v) is 1.10. The molecule has 10 heavy (non-hydrogen) atoms. The van der Waals surface area contributed by atoms with Gasteiger partial charge in [0.05, 0.1) is 0 Å². The van der Waals surface area contributed by atoms with Crippen LogP contribution in [0.25, 0.3) is 0 Å². The molecule has 0 atom stereocenters. The van der Waals surface area contributed by atoms with Gasteiger partial charge in [0.15, 0.2) is 0 Å². The van der Waals surface area contributed by atoms with Gasteiger partial charge in [-0.15, -0.1) is 0 Å². The number of hydrogen-bond donors (Lipinski definition) is 0. The van der Waals surface area contributed by atoms with Crippen molar-refractivity contribution in [3.05, 3.63) is 49.6 Å².